The summed E-state index contributed by atoms with van der Waals surface area (Å²) >= 11 is 1.51. The Kier molecular flexibility index (Phi) is 11.1. The number of fused-ring (bicyclic) bond motifs is 1. The largest absolute Gasteiger partial charge is 1.00 e. The topological polar surface area (TPSA) is 58.6 Å². The van der Waals surface area contributed by atoms with E-state index in [1.165, 1.54) is 17.4 Å². The summed E-state index contributed by atoms with van der Waals surface area (Å²) in [4.78, 5) is 11.2. The van der Waals surface area contributed by atoms with Gasteiger partial charge in [0, 0.05) is 20.5 Å². The van der Waals surface area contributed by atoms with E-state index in [4.69, 9.17) is 9.84 Å². The van der Waals surface area contributed by atoms with E-state index in [9.17, 15) is 13.6 Å². The Labute approximate surface area is 256 Å². The number of aryl methyl sites for hydroxylation is 1. The second-order valence-corrected chi connectivity index (χ2v) is 9.38. The van der Waals surface area contributed by atoms with Gasteiger partial charge in [-0.15, -0.1) is 16.9 Å². The molecule has 182 valence electrons. The number of halogens is 2. The monoisotopic (exact) mass is 533 g/mol. The number of benzene rings is 3. The van der Waals surface area contributed by atoms with Crippen molar-refractivity contribution >= 4 is 27.4 Å². The van der Waals surface area contributed by atoms with E-state index in [1.54, 1.807) is 6.07 Å². The molecule has 8 heteroatoms. The second-order valence-electron chi connectivity index (χ2n) is 8.24. The summed E-state index contributed by atoms with van der Waals surface area (Å²) in [6, 6.07) is 20.9. The molecule has 0 aliphatic carbocycles. The van der Waals surface area contributed by atoms with Crippen LogP contribution in [-0.2, 0) is 17.8 Å². The Morgan fingerprint density at radius 1 is 1.22 bits per heavy atom. The number of nitrogens with one attached hydrogen (secondary N) is 1. The third-order valence-electron chi connectivity index (χ3n) is 5.79. The maximum absolute atomic E-state index is 14.2. The standard InChI is InChI=1S/C23H17F2OS.C5H9NO2.K/c1-2-18-12-20-22(25)21(24)13-19(23(20)27-18)16-8-10-17(11-9-16)26-14-15-6-4-3-5-7-15;7-5(8)4-2-1-3-6-4;/h3-4,6-13H,2,14H2,1H3;4,6H,1-3H2,(H,7,8);/q-1;;+1. The maximum atomic E-state index is 14.2. The fourth-order valence-electron chi connectivity index (χ4n) is 3.89. The Balaban J connectivity index is 0.000000344. The van der Waals surface area contributed by atoms with Crippen molar-refractivity contribution < 1.29 is 74.8 Å². The summed E-state index contributed by atoms with van der Waals surface area (Å²) < 4.78 is 34.8. The van der Waals surface area contributed by atoms with Gasteiger partial charge in [0.1, 0.15) is 11.8 Å². The zero-order chi connectivity index (χ0) is 24.8. The average molecular weight is 534 g/mol. The van der Waals surface area contributed by atoms with Crippen LogP contribution in [-0.4, -0.2) is 23.7 Å². The molecule has 1 aliphatic heterocycles. The van der Waals surface area contributed by atoms with Crippen molar-refractivity contribution in [1.29, 1.82) is 0 Å². The molecule has 1 atom stereocenters. The summed E-state index contributed by atoms with van der Waals surface area (Å²) in [6.07, 6.45) is 2.58. The Morgan fingerprint density at radius 3 is 2.58 bits per heavy atom. The number of rotatable bonds is 6. The van der Waals surface area contributed by atoms with Gasteiger partial charge >= 0.3 is 57.4 Å². The summed E-state index contributed by atoms with van der Waals surface area (Å²) in [7, 11) is 0. The molecular weight excluding hydrogens is 507 g/mol. The van der Waals surface area contributed by atoms with Crippen LogP contribution in [0, 0.1) is 17.7 Å². The van der Waals surface area contributed by atoms with Crippen molar-refractivity contribution in [1.82, 2.24) is 5.32 Å². The van der Waals surface area contributed by atoms with Crippen molar-refractivity contribution in [3.05, 3.63) is 88.8 Å². The number of carboxylic acid groups (broad SMARTS) is 1. The summed E-state index contributed by atoms with van der Waals surface area (Å²) in [5.41, 5.74) is 2.58. The predicted octanol–water partition coefficient (Wildman–Crippen LogP) is 3.62. The first kappa shape index (κ1) is 28.9. The molecule has 2 heterocycles. The number of aliphatic carboxylic acids is 1. The molecule has 0 amide bonds. The van der Waals surface area contributed by atoms with E-state index in [1.807, 2.05) is 55.5 Å². The van der Waals surface area contributed by atoms with Crippen molar-refractivity contribution in [3.63, 3.8) is 0 Å². The fourth-order valence-corrected chi connectivity index (χ4v) is 5.02. The summed E-state index contributed by atoms with van der Waals surface area (Å²) in [5, 5.41) is 11.6. The number of carboxylic acids is 1. The SMILES string of the molecule is CCc1cc2c(F)c(F)cc(-c3ccc(OCc4c[c-]ccc4)cc3)c2s1.O=C(O)C1CCCN1.[K+]. The van der Waals surface area contributed by atoms with Gasteiger partial charge in [-0.05, 0) is 55.6 Å². The van der Waals surface area contributed by atoms with Gasteiger partial charge in [0.15, 0.2) is 11.6 Å². The first-order valence-electron chi connectivity index (χ1n) is 11.5. The van der Waals surface area contributed by atoms with Gasteiger partial charge in [0.05, 0.1) is 6.61 Å². The van der Waals surface area contributed by atoms with Gasteiger partial charge in [-0.25, -0.2) is 8.78 Å². The normalized spacial score (nSPS) is 14.6. The minimum atomic E-state index is -0.821. The third-order valence-corrected chi connectivity index (χ3v) is 7.11. The molecule has 1 aliphatic rings. The van der Waals surface area contributed by atoms with Crippen molar-refractivity contribution in [2.45, 2.75) is 38.8 Å². The van der Waals surface area contributed by atoms with E-state index in [2.05, 4.69) is 11.4 Å². The van der Waals surface area contributed by atoms with Crippen LogP contribution in [0.15, 0.2) is 60.7 Å². The van der Waals surface area contributed by atoms with Crippen LogP contribution < -0.4 is 61.4 Å². The molecule has 0 bridgehead atoms. The smallest absolute Gasteiger partial charge is 0.501 e. The van der Waals surface area contributed by atoms with Crippen LogP contribution in [0.1, 0.15) is 30.2 Å². The van der Waals surface area contributed by atoms with E-state index in [0.717, 1.165) is 52.3 Å². The van der Waals surface area contributed by atoms with Crippen LogP contribution in [0.5, 0.6) is 5.75 Å². The molecule has 4 nitrogen and oxygen atoms in total. The van der Waals surface area contributed by atoms with E-state index < -0.39 is 17.6 Å². The molecule has 3 aromatic carbocycles. The number of hydrogen-bond acceptors (Lipinski definition) is 4. The van der Waals surface area contributed by atoms with E-state index in [-0.39, 0.29) is 57.4 Å². The van der Waals surface area contributed by atoms with Gasteiger partial charge in [0.2, 0.25) is 0 Å². The van der Waals surface area contributed by atoms with Crippen molar-refractivity contribution in [2.24, 2.45) is 0 Å². The number of thiophene rings is 1. The van der Waals surface area contributed by atoms with Crippen LogP contribution in [0.25, 0.3) is 21.2 Å². The van der Waals surface area contributed by atoms with Crippen LogP contribution >= 0.6 is 11.3 Å². The van der Waals surface area contributed by atoms with Gasteiger partial charge in [-0.1, -0.05) is 19.1 Å². The average Bonchev–Trinajstić information content (AvgIpc) is 3.57. The van der Waals surface area contributed by atoms with Gasteiger partial charge in [-0.2, -0.15) is 30.3 Å². The molecule has 0 saturated carbocycles. The zero-order valence-electron chi connectivity index (χ0n) is 20.3. The molecule has 1 fully saturated rings. The molecule has 2 N–H and O–H groups in total. The predicted molar refractivity (Wildman–Crippen MR) is 135 cm³/mol. The Morgan fingerprint density at radius 2 is 2.00 bits per heavy atom. The number of ether oxygens (including phenoxy) is 1. The molecule has 0 spiro atoms. The van der Waals surface area contributed by atoms with Crippen molar-refractivity contribution in [2.75, 3.05) is 6.54 Å². The fraction of sp³-hybridized carbons (Fsp3) is 0.250. The molecule has 1 aromatic heterocycles. The van der Waals surface area contributed by atoms with Crippen molar-refractivity contribution in [3.8, 4) is 16.9 Å². The van der Waals surface area contributed by atoms with Gasteiger partial charge < -0.3 is 15.2 Å². The van der Waals surface area contributed by atoms with E-state index >= 15 is 0 Å². The number of carbonyl (C=O) groups is 1. The minimum absolute atomic E-state index is 0. The van der Waals surface area contributed by atoms with Crippen LogP contribution in [0.4, 0.5) is 8.78 Å². The van der Waals surface area contributed by atoms with Gasteiger partial charge in [-0.3, -0.25) is 4.79 Å². The minimum Gasteiger partial charge on any atom is -0.501 e. The van der Waals surface area contributed by atoms with Crippen LogP contribution in [0.2, 0.25) is 0 Å². The molecule has 1 saturated heterocycles. The summed E-state index contributed by atoms with van der Waals surface area (Å²) in [5.74, 6) is -1.59. The van der Waals surface area contributed by atoms with E-state index in [0.29, 0.717) is 17.6 Å². The molecule has 0 radical (unpaired) electrons. The second kappa shape index (κ2) is 13.8. The summed E-state index contributed by atoms with van der Waals surface area (Å²) in [6.45, 7) is 3.32. The maximum Gasteiger partial charge on any atom is 1.00 e. The molecule has 4 aromatic rings. The molecule has 1 unspecified atom stereocenters. The Bertz CT molecular complexity index is 1290. The van der Waals surface area contributed by atoms with Crippen LogP contribution in [0.3, 0.4) is 0 Å². The molecule has 5 rings (SSSR count). The first-order valence-corrected chi connectivity index (χ1v) is 12.3. The zero-order valence-corrected chi connectivity index (χ0v) is 24.3. The first-order chi connectivity index (χ1) is 17.0. The molecule has 36 heavy (non-hydrogen) atoms. The third kappa shape index (κ3) is 7.22. The number of hydrogen-bond donors (Lipinski definition) is 2. The quantitative estimate of drug-likeness (QED) is 0.294. The molecular formula is C28H26F2KNO3S. The van der Waals surface area contributed by atoms with Gasteiger partial charge in [0.25, 0.3) is 0 Å². The Hall–Kier alpha value is -1.65.